The third-order valence-corrected chi connectivity index (χ3v) is 6.95. The minimum absolute atomic E-state index is 0.126. The number of phenols is 1. The highest BCUT2D eigenvalue weighted by Crippen LogP contribution is 2.41. The average Bonchev–Trinajstić information content (AvgIpc) is 2.72. The van der Waals surface area contributed by atoms with E-state index in [9.17, 15) is 5.11 Å². The summed E-state index contributed by atoms with van der Waals surface area (Å²) >= 11 is 0. The van der Waals surface area contributed by atoms with Crippen LogP contribution < -0.4 is 4.74 Å². The Morgan fingerprint density at radius 1 is 0.968 bits per heavy atom. The lowest BCUT2D eigenvalue weighted by atomic mass is 9.87. The molecule has 31 heavy (non-hydrogen) atoms. The van der Waals surface area contributed by atoms with Gasteiger partial charge in [0.1, 0.15) is 17.1 Å². The van der Waals surface area contributed by atoms with Crippen LogP contribution in [0.15, 0.2) is 41.0 Å². The van der Waals surface area contributed by atoms with Gasteiger partial charge in [0.2, 0.25) is 0 Å². The van der Waals surface area contributed by atoms with E-state index in [0.717, 1.165) is 73.8 Å². The lowest BCUT2D eigenvalue weighted by Crippen LogP contribution is -2.36. The number of hydrogen-bond donors (Lipinski definition) is 1. The molecule has 0 spiro atoms. The lowest BCUT2D eigenvalue weighted by molar-refractivity contribution is 0.0560. The van der Waals surface area contributed by atoms with Crippen LogP contribution in [-0.2, 0) is 6.42 Å². The minimum Gasteiger partial charge on any atom is -0.508 e. The summed E-state index contributed by atoms with van der Waals surface area (Å²) in [5.74, 6) is 1.38. The number of hydrogen-bond acceptors (Lipinski definition) is 2. The fraction of sp³-hybridized carbons (Fsp3) is 0.586. The number of aryl methyl sites for hydroxylation is 1. The summed E-state index contributed by atoms with van der Waals surface area (Å²) in [6.07, 6.45) is 17.0. The quantitative estimate of drug-likeness (QED) is 0.381. The van der Waals surface area contributed by atoms with E-state index in [2.05, 4.69) is 59.8 Å². The van der Waals surface area contributed by atoms with Crippen LogP contribution in [0.2, 0.25) is 0 Å². The number of allylic oxidation sites excluding steroid dienone is 6. The maximum Gasteiger partial charge on any atom is 0.126 e. The molecule has 0 radical (unpaired) electrons. The first-order valence-corrected chi connectivity index (χ1v) is 12.1. The average molecular weight is 425 g/mol. The molecule has 0 saturated carbocycles. The molecular formula is C29H44O2. The van der Waals surface area contributed by atoms with E-state index in [0.29, 0.717) is 5.75 Å². The summed E-state index contributed by atoms with van der Waals surface area (Å²) in [4.78, 5) is 0. The van der Waals surface area contributed by atoms with Crippen molar-refractivity contribution in [3.63, 3.8) is 0 Å². The van der Waals surface area contributed by atoms with Gasteiger partial charge in [0, 0.05) is 0 Å². The smallest absolute Gasteiger partial charge is 0.126 e. The second-order valence-electron chi connectivity index (χ2n) is 9.81. The van der Waals surface area contributed by atoms with Gasteiger partial charge in [-0.25, -0.2) is 0 Å². The minimum atomic E-state index is -0.126. The summed E-state index contributed by atoms with van der Waals surface area (Å²) in [5.41, 5.74) is 7.50. The van der Waals surface area contributed by atoms with Crippen molar-refractivity contribution in [2.24, 2.45) is 0 Å². The third-order valence-electron chi connectivity index (χ3n) is 6.95. The van der Waals surface area contributed by atoms with Gasteiger partial charge < -0.3 is 9.84 Å². The van der Waals surface area contributed by atoms with Gasteiger partial charge in [-0.05, 0) is 122 Å². The van der Waals surface area contributed by atoms with Crippen molar-refractivity contribution in [3.05, 3.63) is 57.7 Å². The lowest BCUT2D eigenvalue weighted by Gasteiger charge is -2.37. The summed E-state index contributed by atoms with van der Waals surface area (Å²) in [6, 6.07) is 1.89. The highest BCUT2D eigenvalue weighted by molar-refractivity contribution is 5.53. The molecule has 0 amide bonds. The Morgan fingerprint density at radius 2 is 1.55 bits per heavy atom. The highest BCUT2D eigenvalue weighted by atomic mass is 16.5. The molecule has 0 fully saturated rings. The van der Waals surface area contributed by atoms with E-state index in [4.69, 9.17) is 4.74 Å². The fourth-order valence-corrected chi connectivity index (χ4v) is 4.21. The second-order valence-corrected chi connectivity index (χ2v) is 9.81. The number of phenolic OH excluding ortho intramolecular Hbond substituents is 1. The van der Waals surface area contributed by atoms with Crippen LogP contribution >= 0.6 is 0 Å². The van der Waals surface area contributed by atoms with Gasteiger partial charge in [-0.15, -0.1) is 0 Å². The van der Waals surface area contributed by atoms with E-state index < -0.39 is 0 Å². The van der Waals surface area contributed by atoms with Crippen LogP contribution in [-0.4, -0.2) is 10.7 Å². The Hall–Kier alpha value is -1.96. The molecule has 1 aromatic rings. The molecule has 0 unspecified atom stereocenters. The van der Waals surface area contributed by atoms with Gasteiger partial charge in [0.15, 0.2) is 0 Å². The molecule has 1 heterocycles. The van der Waals surface area contributed by atoms with Gasteiger partial charge in [0.25, 0.3) is 0 Å². The molecular weight excluding hydrogens is 380 g/mol. The SMILES string of the molecule is CC/C(C)=C/CC/C(C)=C/CC/C(C)=C/CC[C@]1(C)CCc2cc(O)c(C)c(C)c2O1. The third kappa shape index (κ3) is 7.59. The molecule has 1 N–H and O–H groups in total. The van der Waals surface area contributed by atoms with Gasteiger partial charge in [0.05, 0.1) is 0 Å². The van der Waals surface area contributed by atoms with Crippen LogP contribution in [0.1, 0.15) is 103 Å². The Morgan fingerprint density at radius 3 is 2.16 bits per heavy atom. The van der Waals surface area contributed by atoms with Crippen molar-refractivity contribution < 1.29 is 9.84 Å². The molecule has 1 aromatic carbocycles. The summed E-state index contributed by atoms with van der Waals surface area (Å²) in [6.45, 7) is 15.2. The number of aromatic hydroxyl groups is 1. The van der Waals surface area contributed by atoms with Crippen LogP contribution in [0.3, 0.4) is 0 Å². The van der Waals surface area contributed by atoms with E-state index in [-0.39, 0.29) is 5.60 Å². The maximum absolute atomic E-state index is 10.1. The zero-order valence-corrected chi connectivity index (χ0v) is 21.0. The number of ether oxygens (including phenoxy) is 1. The molecule has 2 rings (SSSR count). The predicted molar refractivity (Wildman–Crippen MR) is 134 cm³/mol. The molecule has 0 aliphatic carbocycles. The van der Waals surface area contributed by atoms with Crippen molar-refractivity contribution in [1.29, 1.82) is 0 Å². The van der Waals surface area contributed by atoms with Crippen molar-refractivity contribution in [3.8, 4) is 11.5 Å². The van der Waals surface area contributed by atoms with E-state index in [1.54, 1.807) is 0 Å². The Balaban J connectivity index is 1.81. The second kappa shape index (κ2) is 11.6. The fourth-order valence-electron chi connectivity index (χ4n) is 4.21. The highest BCUT2D eigenvalue weighted by Gasteiger charge is 2.32. The standard InChI is InChI=1S/C29H44O2/c1-8-21(2)12-9-13-22(3)14-10-15-23(4)16-11-18-29(7)19-17-26-20-27(30)24(5)25(6)28(26)31-29/h12,14,16,20,30H,8-11,13,15,17-19H2,1-7H3/b21-12+,22-14+,23-16+/t29-/m1/s1. The first-order chi connectivity index (χ1) is 14.6. The molecule has 1 atom stereocenters. The van der Waals surface area contributed by atoms with Crippen LogP contribution in [0.5, 0.6) is 11.5 Å². The van der Waals surface area contributed by atoms with Crippen LogP contribution in [0.25, 0.3) is 0 Å². The zero-order valence-electron chi connectivity index (χ0n) is 21.0. The Kier molecular flexibility index (Phi) is 9.47. The molecule has 0 aromatic heterocycles. The molecule has 1 aliphatic rings. The topological polar surface area (TPSA) is 29.5 Å². The molecule has 0 saturated heterocycles. The molecule has 2 heteroatoms. The van der Waals surface area contributed by atoms with Crippen LogP contribution in [0, 0.1) is 13.8 Å². The van der Waals surface area contributed by atoms with Crippen molar-refractivity contribution in [1.82, 2.24) is 0 Å². The normalized spacial score (nSPS) is 19.9. The van der Waals surface area contributed by atoms with E-state index >= 15 is 0 Å². The van der Waals surface area contributed by atoms with Gasteiger partial charge in [-0.3, -0.25) is 0 Å². The maximum atomic E-state index is 10.1. The first-order valence-electron chi connectivity index (χ1n) is 12.1. The van der Waals surface area contributed by atoms with Gasteiger partial charge in [-0.2, -0.15) is 0 Å². The number of rotatable bonds is 10. The number of benzene rings is 1. The van der Waals surface area contributed by atoms with Crippen molar-refractivity contribution in [2.45, 2.75) is 112 Å². The molecule has 0 bridgehead atoms. The van der Waals surface area contributed by atoms with E-state index in [1.807, 2.05) is 13.0 Å². The van der Waals surface area contributed by atoms with Crippen molar-refractivity contribution >= 4 is 0 Å². The van der Waals surface area contributed by atoms with Gasteiger partial charge >= 0.3 is 0 Å². The molecule has 172 valence electrons. The molecule has 2 nitrogen and oxygen atoms in total. The van der Waals surface area contributed by atoms with Crippen molar-refractivity contribution in [2.75, 3.05) is 0 Å². The number of fused-ring (bicyclic) bond motifs is 1. The molecule has 1 aliphatic heterocycles. The monoisotopic (exact) mass is 424 g/mol. The zero-order chi connectivity index (χ0) is 23.0. The van der Waals surface area contributed by atoms with E-state index in [1.165, 1.54) is 23.1 Å². The summed E-state index contributed by atoms with van der Waals surface area (Å²) < 4.78 is 6.49. The predicted octanol–water partition coefficient (Wildman–Crippen LogP) is 8.68. The first kappa shape index (κ1) is 25.3. The Labute approximate surface area is 191 Å². The summed E-state index contributed by atoms with van der Waals surface area (Å²) in [5, 5.41) is 10.1. The summed E-state index contributed by atoms with van der Waals surface area (Å²) in [7, 11) is 0. The Bertz CT molecular complexity index is 841. The van der Waals surface area contributed by atoms with Crippen LogP contribution in [0.4, 0.5) is 0 Å². The van der Waals surface area contributed by atoms with Gasteiger partial charge in [-0.1, -0.05) is 41.9 Å². The largest absolute Gasteiger partial charge is 0.508 e.